The first-order valence-corrected chi connectivity index (χ1v) is 7.92. The van der Waals surface area contributed by atoms with Gasteiger partial charge in [0.1, 0.15) is 0 Å². The Morgan fingerprint density at radius 2 is 1.85 bits per heavy atom. The van der Waals surface area contributed by atoms with Crippen LogP contribution in [-0.2, 0) is 6.42 Å². The van der Waals surface area contributed by atoms with Crippen LogP contribution in [0.25, 0.3) is 11.3 Å². The quantitative estimate of drug-likeness (QED) is 0.524. The van der Waals surface area contributed by atoms with Crippen molar-refractivity contribution in [3.8, 4) is 22.8 Å². The maximum Gasteiger partial charge on any atom is 0.321 e. The maximum atomic E-state index is 12.0. The van der Waals surface area contributed by atoms with E-state index in [1.165, 1.54) is 18.3 Å². The number of phenolic OH excluding ortho intramolecular Hbond substituents is 2. The molecule has 4 N–H and O–H groups in total. The zero-order valence-electron chi connectivity index (χ0n) is 13.8. The van der Waals surface area contributed by atoms with E-state index >= 15 is 0 Å². The third-order valence-electron chi connectivity index (χ3n) is 3.59. The Balaban J connectivity index is 1.54. The average molecular weight is 351 g/mol. The van der Waals surface area contributed by atoms with Crippen molar-refractivity contribution in [2.75, 3.05) is 11.9 Å². The van der Waals surface area contributed by atoms with E-state index in [0.29, 0.717) is 18.7 Å². The SMILES string of the molecule is O=C(NCCc1ccc(O)c(O)c1)Nc1nncc(-c2ccccc2)n1. The molecule has 0 bridgehead atoms. The van der Waals surface area contributed by atoms with Crippen molar-refractivity contribution in [2.45, 2.75) is 6.42 Å². The molecule has 0 spiro atoms. The summed E-state index contributed by atoms with van der Waals surface area (Å²) < 4.78 is 0. The molecule has 1 aromatic heterocycles. The summed E-state index contributed by atoms with van der Waals surface area (Å²) in [4.78, 5) is 16.2. The van der Waals surface area contributed by atoms with Crippen molar-refractivity contribution >= 4 is 12.0 Å². The van der Waals surface area contributed by atoms with Gasteiger partial charge >= 0.3 is 6.03 Å². The molecule has 8 heteroatoms. The van der Waals surface area contributed by atoms with E-state index < -0.39 is 6.03 Å². The van der Waals surface area contributed by atoms with Crippen LogP contribution in [0.3, 0.4) is 0 Å². The molecule has 132 valence electrons. The van der Waals surface area contributed by atoms with Gasteiger partial charge in [0.15, 0.2) is 11.5 Å². The molecule has 0 aliphatic heterocycles. The van der Waals surface area contributed by atoms with Crippen LogP contribution in [0.2, 0.25) is 0 Å². The first kappa shape index (κ1) is 17.2. The molecule has 0 fully saturated rings. The Labute approximate surface area is 149 Å². The van der Waals surface area contributed by atoms with Gasteiger partial charge in [0.05, 0.1) is 11.9 Å². The number of nitrogens with one attached hydrogen (secondary N) is 2. The summed E-state index contributed by atoms with van der Waals surface area (Å²) in [5.41, 5.74) is 2.26. The van der Waals surface area contributed by atoms with Gasteiger partial charge in [-0.2, -0.15) is 5.10 Å². The van der Waals surface area contributed by atoms with Gasteiger partial charge in [-0.15, -0.1) is 5.10 Å². The van der Waals surface area contributed by atoms with Crippen molar-refractivity contribution in [2.24, 2.45) is 0 Å². The fraction of sp³-hybridized carbons (Fsp3) is 0.111. The maximum absolute atomic E-state index is 12.0. The minimum atomic E-state index is -0.458. The number of aromatic hydroxyl groups is 2. The lowest BCUT2D eigenvalue weighted by Crippen LogP contribution is -2.31. The number of amides is 2. The number of phenols is 2. The summed E-state index contributed by atoms with van der Waals surface area (Å²) in [7, 11) is 0. The summed E-state index contributed by atoms with van der Waals surface area (Å²) in [5.74, 6) is -0.266. The molecule has 0 unspecified atom stereocenters. The number of carbonyl (C=O) groups excluding carboxylic acids is 1. The number of hydrogen-bond acceptors (Lipinski definition) is 6. The first-order chi connectivity index (χ1) is 12.6. The largest absolute Gasteiger partial charge is 0.504 e. The fourth-order valence-electron chi connectivity index (χ4n) is 2.30. The van der Waals surface area contributed by atoms with Crippen LogP contribution >= 0.6 is 0 Å². The highest BCUT2D eigenvalue weighted by Crippen LogP contribution is 2.24. The predicted octanol–water partition coefficient (Wildman–Crippen LogP) is 2.31. The fourth-order valence-corrected chi connectivity index (χ4v) is 2.30. The highest BCUT2D eigenvalue weighted by atomic mass is 16.3. The minimum absolute atomic E-state index is 0.103. The van der Waals surface area contributed by atoms with Gasteiger partial charge in [0.25, 0.3) is 5.95 Å². The van der Waals surface area contributed by atoms with Crippen LogP contribution in [0.15, 0.2) is 54.7 Å². The third kappa shape index (κ3) is 4.44. The van der Waals surface area contributed by atoms with Gasteiger partial charge in [-0.25, -0.2) is 9.78 Å². The van der Waals surface area contributed by atoms with E-state index in [9.17, 15) is 15.0 Å². The first-order valence-electron chi connectivity index (χ1n) is 7.92. The van der Waals surface area contributed by atoms with Gasteiger partial charge < -0.3 is 15.5 Å². The molecule has 2 aromatic carbocycles. The number of aromatic nitrogens is 3. The van der Waals surface area contributed by atoms with Crippen molar-refractivity contribution in [3.05, 3.63) is 60.3 Å². The smallest absolute Gasteiger partial charge is 0.321 e. The van der Waals surface area contributed by atoms with E-state index in [2.05, 4.69) is 25.8 Å². The van der Waals surface area contributed by atoms with Crippen molar-refractivity contribution in [3.63, 3.8) is 0 Å². The Morgan fingerprint density at radius 1 is 1.04 bits per heavy atom. The number of carbonyl (C=O) groups is 1. The Morgan fingerprint density at radius 3 is 2.62 bits per heavy atom. The van der Waals surface area contributed by atoms with E-state index in [4.69, 9.17) is 0 Å². The lowest BCUT2D eigenvalue weighted by molar-refractivity contribution is 0.252. The monoisotopic (exact) mass is 351 g/mol. The van der Waals surface area contributed by atoms with Crippen LogP contribution in [-0.4, -0.2) is 38.0 Å². The number of nitrogens with zero attached hydrogens (tertiary/aromatic N) is 3. The predicted molar refractivity (Wildman–Crippen MR) is 95.8 cm³/mol. The summed E-state index contributed by atoms with van der Waals surface area (Å²) in [6.45, 7) is 0.335. The molecule has 0 atom stereocenters. The molecule has 0 saturated heterocycles. The van der Waals surface area contributed by atoms with E-state index in [0.717, 1.165) is 11.1 Å². The van der Waals surface area contributed by atoms with Gasteiger partial charge in [0, 0.05) is 12.1 Å². The van der Waals surface area contributed by atoms with Crippen LogP contribution < -0.4 is 10.6 Å². The van der Waals surface area contributed by atoms with Crippen molar-refractivity contribution in [1.29, 1.82) is 0 Å². The molecule has 3 rings (SSSR count). The summed E-state index contributed by atoms with van der Waals surface area (Å²) in [6.07, 6.45) is 2.01. The number of anilines is 1. The second-order valence-corrected chi connectivity index (χ2v) is 5.49. The molecule has 26 heavy (non-hydrogen) atoms. The standard InChI is InChI=1S/C18H17N5O3/c24-15-7-6-12(10-16(15)25)8-9-19-18(26)22-17-21-14(11-20-23-17)13-4-2-1-3-5-13/h1-7,10-11,24-25H,8-9H2,(H2,19,21,22,23,26). The molecule has 0 radical (unpaired) electrons. The van der Waals surface area contributed by atoms with Gasteiger partial charge in [-0.1, -0.05) is 36.4 Å². The molecule has 0 aliphatic carbocycles. The lowest BCUT2D eigenvalue weighted by atomic mass is 10.1. The van der Waals surface area contributed by atoms with E-state index in [1.807, 2.05) is 30.3 Å². The molecule has 8 nitrogen and oxygen atoms in total. The molecule has 3 aromatic rings. The highest BCUT2D eigenvalue weighted by Gasteiger charge is 2.07. The molecule has 0 saturated carbocycles. The highest BCUT2D eigenvalue weighted by molar-refractivity contribution is 5.87. The Kier molecular flexibility index (Phi) is 5.23. The summed E-state index contributed by atoms with van der Waals surface area (Å²) in [5, 5.41) is 31.6. The minimum Gasteiger partial charge on any atom is -0.504 e. The number of benzene rings is 2. The number of hydrogen-bond donors (Lipinski definition) is 4. The molecule has 1 heterocycles. The number of rotatable bonds is 5. The Bertz CT molecular complexity index is 902. The number of urea groups is 1. The van der Waals surface area contributed by atoms with E-state index in [1.54, 1.807) is 6.07 Å². The van der Waals surface area contributed by atoms with Gasteiger partial charge in [0.2, 0.25) is 0 Å². The summed E-state index contributed by atoms with van der Waals surface area (Å²) in [6, 6.07) is 13.5. The molecular weight excluding hydrogens is 334 g/mol. The topological polar surface area (TPSA) is 120 Å². The zero-order valence-corrected chi connectivity index (χ0v) is 13.8. The van der Waals surface area contributed by atoms with Crippen LogP contribution in [0, 0.1) is 0 Å². The van der Waals surface area contributed by atoms with Gasteiger partial charge in [-0.05, 0) is 24.1 Å². The molecular formula is C18H17N5O3. The molecule has 0 aliphatic rings. The second-order valence-electron chi connectivity index (χ2n) is 5.49. The third-order valence-corrected chi connectivity index (χ3v) is 3.59. The molecule has 2 amide bonds. The van der Waals surface area contributed by atoms with Crippen LogP contribution in [0.4, 0.5) is 10.7 Å². The van der Waals surface area contributed by atoms with Crippen LogP contribution in [0.5, 0.6) is 11.5 Å². The second kappa shape index (κ2) is 7.93. The van der Waals surface area contributed by atoms with Crippen molar-refractivity contribution < 1.29 is 15.0 Å². The Hall–Kier alpha value is -3.68. The van der Waals surface area contributed by atoms with Crippen molar-refractivity contribution in [1.82, 2.24) is 20.5 Å². The zero-order chi connectivity index (χ0) is 18.4. The van der Waals surface area contributed by atoms with Gasteiger partial charge in [-0.3, -0.25) is 5.32 Å². The summed E-state index contributed by atoms with van der Waals surface area (Å²) >= 11 is 0. The van der Waals surface area contributed by atoms with E-state index in [-0.39, 0.29) is 17.4 Å². The normalized spacial score (nSPS) is 10.3. The average Bonchev–Trinajstić information content (AvgIpc) is 2.65. The lowest BCUT2D eigenvalue weighted by Gasteiger charge is -2.08. The van der Waals surface area contributed by atoms with Crippen LogP contribution in [0.1, 0.15) is 5.56 Å².